The number of aryl methyl sites for hydroxylation is 1. The van der Waals surface area contributed by atoms with E-state index in [-0.39, 0.29) is 12.4 Å². The van der Waals surface area contributed by atoms with Crippen LogP contribution in [-0.4, -0.2) is 27.7 Å². The Kier molecular flexibility index (Phi) is 3.70. The Bertz CT molecular complexity index is 592. The van der Waals surface area contributed by atoms with Crippen LogP contribution < -0.4 is 9.47 Å². The maximum Gasteiger partial charge on any atom is 0.372 e. The third-order valence-electron chi connectivity index (χ3n) is 2.56. The van der Waals surface area contributed by atoms with E-state index in [1.807, 2.05) is 12.1 Å². The van der Waals surface area contributed by atoms with E-state index in [9.17, 15) is 4.79 Å². The van der Waals surface area contributed by atoms with Crippen molar-refractivity contribution in [2.45, 2.75) is 6.61 Å². The van der Waals surface area contributed by atoms with Crippen LogP contribution >= 0.6 is 0 Å². The summed E-state index contributed by atoms with van der Waals surface area (Å²) in [4.78, 5) is 14.8. The smallest absolute Gasteiger partial charge is 0.372 e. The second-order valence-corrected chi connectivity index (χ2v) is 3.91. The van der Waals surface area contributed by atoms with Gasteiger partial charge >= 0.3 is 5.97 Å². The Morgan fingerprint density at radius 1 is 1.37 bits per heavy atom. The molecule has 0 amide bonds. The largest absolute Gasteiger partial charge is 0.493 e. The minimum atomic E-state index is -1.06. The number of rotatable bonds is 5. The highest BCUT2D eigenvalue weighted by atomic mass is 16.5. The molecule has 1 N–H and O–H groups in total. The quantitative estimate of drug-likeness (QED) is 0.887. The molecular formula is C13H14N2O4. The van der Waals surface area contributed by atoms with Crippen molar-refractivity contribution in [2.75, 3.05) is 7.11 Å². The molecule has 0 saturated heterocycles. The maximum atomic E-state index is 10.9. The summed E-state index contributed by atoms with van der Waals surface area (Å²) in [6, 6.07) is 7.24. The molecule has 2 rings (SSSR count). The number of methoxy groups -OCH3 is 1. The molecule has 0 radical (unpaired) electrons. The van der Waals surface area contributed by atoms with E-state index in [0.29, 0.717) is 17.2 Å². The van der Waals surface area contributed by atoms with Crippen LogP contribution in [-0.2, 0) is 13.7 Å². The molecule has 1 heterocycles. The van der Waals surface area contributed by atoms with Gasteiger partial charge in [-0.25, -0.2) is 9.78 Å². The van der Waals surface area contributed by atoms with Gasteiger partial charge in [-0.3, -0.25) is 0 Å². The van der Waals surface area contributed by atoms with Crippen LogP contribution in [0.4, 0.5) is 0 Å². The summed E-state index contributed by atoms with van der Waals surface area (Å²) in [5.41, 5.74) is 0.547. The van der Waals surface area contributed by atoms with Crippen molar-refractivity contribution in [3.05, 3.63) is 42.0 Å². The lowest BCUT2D eigenvalue weighted by molar-refractivity contribution is 0.0679. The molecule has 1 aromatic carbocycles. The molecular weight excluding hydrogens is 248 g/mol. The second-order valence-electron chi connectivity index (χ2n) is 3.91. The summed E-state index contributed by atoms with van der Waals surface area (Å²) >= 11 is 0. The van der Waals surface area contributed by atoms with Crippen LogP contribution in [0.25, 0.3) is 0 Å². The topological polar surface area (TPSA) is 73.6 Å². The molecule has 0 fully saturated rings. The van der Waals surface area contributed by atoms with Gasteiger partial charge in [0.05, 0.1) is 12.8 Å². The van der Waals surface area contributed by atoms with Gasteiger partial charge in [0, 0.05) is 13.2 Å². The van der Waals surface area contributed by atoms with Crippen LogP contribution in [0.1, 0.15) is 16.3 Å². The number of carboxylic acids is 1. The van der Waals surface area contributed by atoms with E-state index in [2.05, 4.69) is 4.98 Å². The Hall–Kier alpha value is -2.50. The van der Waals surface area contributed by atoms with Gasteiger partial charge in [0.25, 0.3) is 0 Å². The molecule has 1 aromatic heterocycles. The lowest BCUT2D eigenvalue weighted by atomic mass is 10.3. The first-order chi connectivity index (χ1) is 9.11. The Morgan fingerprint density at radius 3 is 2.63 bits per heavy atom. The van der Waals surface area contributed by atoms with E-state index in [1.54, 1.807) is 32.5 Å². The number of carbonyl (C=O) groups is 1. The first kappa shape index (κ1) is 12.9. The van der Waals surface area contributed by atoms with Gasteiger partial charge in [-0.05, 0) is 12.1 Å². The number of aromatic nitrogens is 2. The minimum absolute atomic E-state index is 0.0152. The van der Waals surface area contributed by atoms with Crippen LogP contribution in [0.3, 0.4) is 0 Å². The van der Waals surface area contributed by atoms with Crippen molar-refractivity contribution in [1.29, 1.82) is 0 Å². The summed E-state index contributed by atoms with van der Waals surface area (Å²) in [6.07, 6.45) is 1.62. The Labute approximate surface area is 110 Å². The summed E-state index contributed by atoms with van der Waals surface area (Å²) in [5.74, 6) is 0.133. The number of imidazole rings is 1. The highest BCUT2D eigenvalue weighted by Crippen LogP contribution is 2.26. The van der Waals surface area contributed by atoms with Gasteiger partial charge in [0.15, 0.2) is 11.5 Å². The van der Waals surface area contributed by atoms with Crippen molar-refractivity contribution in [3.8, 4) is 11.5 Å². The van der Waals surface area contributed by atoms with Crippen molar-refractivity contribution in [1.82, 2.24) is 9.55 Å². The zero-order chi connectivity index (χ0) is 13.8. The third kappa shape index (κ3) is 2.85. The SMILES string of the molecule is COc1ccccc1OCc1cn(C)c(C(=O)O)n1. The van der Waals surface area contributed by atoms with Gasteiger partial charge in [0.2, 0.25) is 5.82 Å². The van der Waals surface area contributed by atoms with Gasteiger partial charge in [0.1, 0.15) is 6.61 Å². The molecule has 0 aliphatic carbocycles. The Balaban J connectivity index is 2.10. The monoisotopic (exact) mass is 262 g/mol. The minimum Gasteiger partial charge on any atom is -0.493 e. The molecule has 19 heavy (non-hydrogen) atoms. The molecule has 0 atom stereocenters. The number of benzene rings is 1. The summed E-state index contributed by atoms with van der Waals surface area (Å²) in [5, 5.41) is 8.90. The van der Waals surface area contributed by atoms with Crippen molar-refractivity contribution >= 4 is 5.97 Å². The van der Waals surface area contributed by atoms with Crippen LogP contribution in [0.2, 0.25) is 0 Å². The number of para-hydroxylation sites is 2. The van der Waals surface area contributed by atoms with Crippen LogP contribution in [0.5, 0.6) is 11.5 Å². The first-order valence-corrected chi connectivity index (χ1v) is 5.63. The highest BCUT2D eigenvalue weighted by molar-refractivity contribution is 5.83. The molecule has 6 nitrogen and oxygen atoms in total. The number of nitrogens with zero attached hydrogens (tertiary/aromatic N) is 2. The number of carboxylic acid groups (broad SMARTS) is 1. The predicted octanol–water partition coefficient (Wildman–Crippen LogP) is 1.71. The lowest BCUT2D eigenvalue weighted by Crippen LogP contribution is -2.05. The van der Waals surface area contributed by atoms with E-state index < -0.39 is 5.97 Å². The van der Waals surface area contributed by atoms with Crippen molar-refractivity contribution in [3.63, 3.8) is 0 Å². The zero-order valence-electron chi connectivity index (χ0n) is 10.7. The third-order valence-corrected chi connectivity index (χ3v) is 2.56. The van der Waals surface area contributed by atoms with Gasteiger partial charge in [-0.15, -0.1) is 0 Å². The second kappa shape index (κ2) is 5.43. The van der Waals surface area contributed by atoms with Crippen LogP contribution in [0, 0.1) is 0 Å². The molecule has 0 spiro atoms. The summed E-state index contributed by atoms with van der Waals surface area (Å²) in [6.45, 7) is 0.182. The zero-order valence-corrected chi connectivity index (χ0v) is 10.7. The molecule has 0 aliphatic heterocycles. The fraction of sp³-hybridized carbons (Fsp3) is 0.231. The average Bonchev–Trinajstić information content (AvgIpc) is 2.78. The molecule has 100 valence electrons. The molecule has 2 aromatic rings. The first-order valence-electron chi connectivity index (χ1n) is 5.63. The van der Waals surface area contributed by atoms with E-state index in [0.717, 1.165) is 0 Å². The Morgan fingerprint density at radius 2 is 2.05 bits per heavy atom. The molecule has 0 unspecified atom stereocenters. The standard InChI is InChI=1S/C13H14N2O4/c1-15-7-9(14-12(15)13(16)17)8-19-11-6-4-3-5-10(11)18-2/h3-7H,8H2,1-2H3,(H,16,17). The molecule has 0 saturated carbocycles. The van der Waals surface area contributed by atoms with Gasteiger partial charge in [-0.1, -0.05) is 12.1 Å². The van der Waals surface area contributed by atoms with Crippen molar-refractivity contribution < 1.29 is 19.4 Å². The number of hydrogen-bond donors (Lipinski definition) is 1. The average molecular weight is 262 g/mol. The fourth-order valence-electron chi connectivity index (χ4n) is 1.69. The van der Waals surface area contributed by atoms with Crippen LogP contribution in [0.15, 0.2) is 30.5 Å². The van der Waals surface area contributed by atoms with E-state index in [1.165, 1.54) is 4.57 Å². The number of hydrogen-bond acceptors (Lipinski definition) is 4. The fourth-order valence-corrected chi connectivity index (χ4v) is 1.69. The highest BCUT2D eigenvalue weighted by Gasteiger charge is 2.12. The van der Waals surface area contributed by atoms with E-state index >= 15 is 0 Å². The number of ether oxygens (including phenoxy) is 2. The van der Waals surface area contributed by atoms with Gasteiger partial charge in [-0.2, -0.15) is 0 Å². The molecule has 0 bridgehead atoms. The maximum absolute atomic E-state index is 10.9. The molecule has 0 aliphatic rings. The molecule has 6 heteroatoms. The summed E-state index contributed by atoms with van der Waals surface area (Å²) < 4.78 is 12.2. The normalized spacial score (nSPS) is 10.2. The van der Waals surface area contributed by atoms with Gasteiger partial charge < -0.3 is 19.1 Å². The van der Waals surface area contributed by atoms with Crippen molar-refractivity contribution in [2.24, 2.45) is 7.05 Å². The van der Waals surface area contributed by atoms with E-state index in [4.69, 9.17) is 14.6 Å². The lowest BCUT2D eigenvalue weighted by Gasteiger charge is -2.08. The summed E-state index contributed by atoms with van der Waals surface area (Å²) in [7, 11) is 3.19. The number of aromatic carboxylic acids is 1. The predicted molar refractivity (Wildman–Crippen MR) is 67.5 cm³/mol.